The van der Waals surface area contributed by atoms with Gasteiger partial charge in [-0.15, -0.1) is 0 Å². The summed E-state index contributed by atoms with van der Waals surface area (Å²) < 4.78 is 57.9. The first-order valence-corrected chi connectivity index (χ1v) is 12.9. The Morgan fingerprint density at radius 3 is 2.20 bits per heavy atom. The lowest BCUT2D eigenvalue weighted by atomic mass is 10.1. The molecule has 0 spiro atoms. The minimum Gasteiger partial charge on any atom is -0.497 e. The summed E-state index contributed by atoms with van der Waals surface area (Å²) in [5.74, 6) is -2.89. The summed E-state index contributed by atoms with van der Waals surface area (Å²) in [7, 11) is -2.53. The number of carbonyl (C=O) groups excluding carboxylic acids is 2. The molecule has 0 aliphatic carbocycles. The van der Waals surface area contributed by atoms with Gasteiger partial charge in [0.05, 0.1) is 19.1 Å². The Hall–Kier alpha value is -3.21. The molecule has 0 aliphatic heterocycles. The van der Waals surface area contributed by atoms with E-state index in [2.05, 4.69) is 5.32 Å². The van der Waals surface area contributed by atoms with Crippen LogP contribution < -0.4 is 14.4 Å². The number of methoxy groups -OCH3 is 1. The van der Waals surface area contributed by atoms with Gasteiger partial charge in [0.15, 0.2) is 11.6 Å². The van der Waals surface area contributed by atoms with Crippen LogP contribution in [0.15, 0.2) is 42.5 Å². The van der Waals surface area contributed by atoms with Crippen molar-refractivity contribution in [3.63, 3.8) is 0 Å². The van der Waals surface area contributed by atoms with Crippen molar-refractivity contribution in [2.24, 2.45) is 0 Å². The third kappa shape index (κ3) is 7.64. The number of sulfonamides is 1. The van der Waals surface area contributed by atoms with Crippen LogP contribution >= 0.6 is 0 Å². The maximum atomic E-state index is 13.8. The van der Waals surface area contributed by atoms with Gasteiger partial charge in [-0.25, -0.2) is 17.2 Å². The molecule has 0 saturated heterocycles. The molecule has 2 atom stereocenters. The topological polar surface area (TPSA) is 96.0 Å². The molecular weight excluding hydrogens is 480 g/mol. The number of rotatable bonds is 11. The Morgan fingerprint density at radius 1 is 1.06 bits per heavy atom. The predicted octanol–water partition coefficient (Wildman–Crippen LogP) is 3.07. The van der Waals surface area contributed by atoms with Crippen LogP contribution in [0.25, 0.3) is 0 Å². The van der Waals surface area contributed by atoms with Crippen LogP contribution in [0, 0.1) is 11.6 Å². The molecule has 0 heterocycles. The highest BCUT2D eigenvalue weighted by Gasteiger charge is 2.30. The quantitative estimate of drug-likeness (QED) is 0.500. The van der Waals surface area contributed by atoms with Crippen molar-refractivity contribution < 1.29 is 31.5 Å². The minimum absolute atomic E-state index is 0.00724. The lowest BCUT2D eigenvalue weighted by Crippen LogP contribution is -2.52. The molecule has 0 fully saturated rings. The summed E-state index contributed by atoms with van der Waals surface area (Å²) in [5, 5.41) is 2.82. The Balaban J connectivity index is 2.40. The van der Waals surface area contributed by atoms with Gasteiger partial charge in [-0.1, -0.05) is 19.1 Å². The molecule has 2 aromatic carbocycles. The number of ether oxygens (including phenoxy) is 1. The van der Waals surface area contributed by atoms with Gasteiger partial charge in [-0.05, 0) is 50.1 Å². The van der Waals surface area contributed by atoms with Gasteiger partial charge < -0.3 is 15.0 Å². The predicted molar refractivity (Wildman–Crippen MR) is 129 cm³/mol. The van der Waals surface area contributed by atoms with Crippen molar-refractivity contribution in [1.82, 2.24) is 10.2 Å². The first-order chi connectivity index (χ1) is 16.4. The lowest BCUT2D eigenvalue weighted by molar-refractivity contribution is -0.139. The highest BCUT2D eigenvalue weighted by molar-refractivity contribution is 7.92. The second-order valence-corrected chi connectivity index (χ2v) is 10.1. The molecule has 35 heavy (non-hydrogen) atoms. The molecule has 8 nitrogen and oxygen atoms in total. The van der Waals surface area contributed by atoms with Crippen molar-refractivity contribution in [2.75, 3.05) is 24.2 Å². The Labute approximate surface area is 204 Å². The molecule has 1 N–H and O–H groups in total. The maximum absolute atomic E-state index is 13.8. The number of carbonyl (C=O) groups is 2. The van der Waals surface area contributed by atoms with E-state index in [9.17, 15) is 26.8 Å². The summed E-state index contributed by atoms with van der Waals surface area (Å²) in [6.07, 6.45) is 1.54. The molecule has 0 saturated carbocycles. The van der Waals surface area contributed by atoms with Crippen LogP contribution in [0.4, 0.5) is 14.5 Å². The van der Waals surface area contributed by atoms with Crippen molar-refractivity contribution in [2.45, 2.75) is 45.8 Å². The third-order valence-electron chi connectivity index (χ3n) is 5.55. The zero-order valence-electron chi connectivity index (χ0n) is 20.4. The molecule has 0 radical (unpaired) electrons. The molecule has 2 aromatic rings. The summed E-state index contributed by atoms with van der Waals surface area (Å²) in [6.45, 7) is 4.58. The Kier molecular flexibility index (Phi) is 9.58. The van der Waals surface area contributed by atoms with Gasteiger partial charge in [-0.3, -0.25) is 13.9 Å². The van der Waals surface area contributed by atoms with E-state index in [1.807, 2.05) is 13.8 Å². The highest BCUT2D eigenvalue weighted by Crippen LogP contribution is 2.22. The summed E-state index contributed by atoms with van der Waals surface area (Å²) >= 11 is 0. The number of anilines is 1. The second kappa shape index (κ2) is 12.0. The van der Waals surface area contributed by atoms with Crippen molar-refractivity contribution in [3.8, 4) is 5.75 Å². The van der Waals surface area contributed by atoms with E-state index in [0.717, 1.165) is 18.4 Å². The summed E-state index contributed by atoms with van der Waals surface area (Å²) in [6, 6.07) is 8.34. The number of nitrogens with zero attached hydrogens (tertiary/aromatic N) is 2. The lowest BCUT2D eigenvalue weighted by Gasteiger charge is -2.32. The van der Waals surface area contributed by atoms with E-state index >= 15 is 0 Å². The first-order valence-electron chi connectivity index (χ1n) is 11.0. The second-order valence-electron chi connectivity index (χ2n) is 8.23. The van der Waals surface area contributed by atoms with E-state index < -0.39 is 46.1 Å². The van der Waals surface area contributed by atoms with Gasteiger partial charge in [-0.2, -0.15) is 0 Å². The monoisotopic (exact) mass is 511 g/mol. The standard InChI is InChI=1S/C24H31F2N3O5S/c1-6-16(2)27-24(31)17(3)28(14-18-7-10-20(34-4)11-8-18)23(30)15-29(35(5,32)33)19-9-12-21(25)22(26)13-19/h7-13,16-17H,6,14-15H2,1-5H3,(H,27,31)/t16-,17+/m0/s1. The van der Waals surface area contributed by atoms with E-state index in [0.29, 0.717) is 28.1 Å². The highest BCUT2D eigenvalue weighted by atomic mass is 32.2. The molecule has 0 unspecified atom stereocenters. The number of hydrogen-bond acceptors (Lipinski definition) is 5. The zero-order valence-corrected chi connectivity index (χ0v) is 21.2. The van der Waals surface area contributed by atoms with Crippen LogP contribution in [-0.4, -0.2) is 57.1 Å². The Bertz CT molecular complexity index is 1140. The van der Waals surface area contributed by atoms with Gasteiger partial charge in [0.2, 0.25) is 21.8 Å². The molecule has 0 aliphatic rings. The number of nitrogens with one attached hydrogen (secondary N) is 1. The van der Waals surface area contributed by atoms with Gasteiger partial charge in [0.25, 0.3) is 0 Å². The van der Waals surface area contributed by atoms with Crippen LogP contribution in [0.1, 0.15) is 32.8 Å². The van der Waals surface area contributed by atoms with Gasteiger partial charge in [0.1, 0.15) is 18.3 Å². The zero-order chi connectivity index (χ0) is 26.3. The third-order valence-corrected chi connectivity index (χ3v) is 6.69. The molecule has 0 bridgehead atoms. The first kappa shape index (κ1) is 28.0. The van der Waals surface area contributed by atoms with E-state index in [1.165, 1.54) is 12.0 Å². The van der Waals surface area contributed by atoms with Crippen LogP contribution in [-0.2, 0) is 26.2 Å². The average Bonchev–Trinajstić information content (AvgIpc) is 2.81. The Morgan fingerprint density at radius 2 is 1.69 bits per heavy atom. The molecule has 192 valence electrons. The van der Waals surface area contributed by atoms with Gasteiger partial charge in [0, 0.05) is 18.7 Å². The molecular formula is C24H31F2N3O5S. The fourth-order valence-electron chi connectivity index (χ4n) is 3.23. The number of hydrogen-bond donors (Lipinski definition) is 1. The molecule has 2 amide bonds. The normalized spacial score (nSPS) is 13.0. The molecule has 11 heteroatoms. The fourth-order valence-corrected chi connectivity index (χ4v) is 4.07. The van der Waals surface area contributed by atoms with E-state index in [4.69, 9.17) is 4.74 Å². The van der Waals surface area contributed by atoms with Crippen molar-refractivity contribution in [3.05, 3.63) is 59.7 Å². The van der Waals surface area contributed by atoms with Crippen LogP contribution in [0.2, 0.25) is 0 Å². The van der Waals surface area contributed by atoms with Crippen molar-refractivity contribution in [1.29, 1.82) is 0 Å². The van der Waals surface area contributed by atoms with Crippen LogP contribution in [0.3, 0.4) is 0 Å². The van der Waals surface area contributed by atoms with Crippen LogP contribution in [0.5, 0.6) is 5.75 Å². The van der Waals surface area contributed by atoms with Gasteiger partial charge >= 0.3 is 0 Å². The number of halogens is 2. The minimum atomic E-state index is -4.05. The van der Waals surface area contributed by atoms with E-state index in [1.54, 1.807) is 31.2 Å². The maximum Gasteiger partial charge on any atom is 0.244 e. The largest absolute Gasteiger partial charge is 0.497 e. The summed E-state index contributed by atoms with van der Waals surface area (Å²) in [4.78, 5) is 27.5. The number of benzene rings is 2. The van der Waals surface area contributed by atoms with Crippen molar-refractivity contribution >= 4 is 27.5 Å². The summed E-state index contributed by atoms with van der Waals surface area (Å²) in [5.41, 5.74) is 0.474. The number of amides is 2. The van der Waals surface area contributed by atoms with E-state index in [-0.39, 0.29) is 18.3 Å². The fraction of sp³-hybridized carbons (Fsp3) is 0.417. The SMILES string of the molecule is CC[C@H](C)NC(=O)[C@@H](C)N(Cc1ccc(OC)cc1)C(=O)CN(c1ccc(F)c(F)c1)S(C)(=O)=O. The average molecular weight is 512 g/mol. The molecule has 0 aromatic heterocycles. The smallest absolute Gasteiger partial charge is 0.244 e. The molecule has 2 rings (SSSR count).